The van der Waals surface area contributed by atoms with Gasteiger partial charge in [0.2, 0.25) is 0 Å². The number of aliphatic hydroxyl groups is 2. The molecule has 0 saturated carbocycles. The molecular formula is C10H26N2O2Ti. The van der Waals surface area contributed by atoms with E-state index in [1.165, 1.54) is 0 Å². The summed E-state index contributed by atoms with van der Waals surface area (Å²) < 4.78 is 0. The molecule has 5 heteroatoms. The van der Waals surface area contributed by atoms with Crippen molar-refractivity contribution in [3.8, 4) is 0 Å². The first-order chi connectivity index (χ1) is 6.36. The van der Waals surface area contributed by atoms with Gasteiger partial charge in [-0.2, -0.15) is 0 Å². The van der Waals surface area contributed by atoms with Crippen LogP contribution in [0.5, 0.6) is 0 Å². The molecule has 0 amide bonds. The zero-order valence-corrected chi connectivity index (χ0v) is 12.4. The molecule has 0 aromatic heterocycles. The number of nitrogens with zero attached hydrogens (tertiary/aromatic N) is 2. The standard InChI is InChI=1S/2C5H13NO.Ti/c2*1-5(4-7)6(2)3;/h2*5,7H,4H2,1-3H3;. The van der Waals surface area contributed by atoms with E-state index in [1.807, 2.05) is 51.8 Å². The Balaban J connectivity index is -0.000000180. The summed E-state index contributed by atoms with van der Waals surface area (Å²) in [5, 5.41) is 16.9. The summed E-state index contributed by atoms with van der Waals surface area (Å²) >= 11 is 0. The Hall–Kier alpha value is 0.554. The van der Waals surface area contributed by atoms with Crippen LogP contribution >= 0.6 is 0 Å². The summed E-state index contributed by atoms with van der Waals surface area (Å²) in [6.07, 6.45) is 0. The molecule has 0 bridgehead atoms. The van der Waals surface area contributed by atoms with E-state index in [-0.39, 0.29) is 34.9 Å². The molecule has 0 radical (unpaired) electrons. The minimum absolute atomic E-state index is 0. The average molecular weight is 254 g/mol. The normalized spacial score (nSPS) is 14.0. The van der Waals surface area contributed by atoms with Crippen LogP contribution in [0.1, 0.15) is 13.8 Å². The van der Waals surface area contributed by atoms with Crippen LogP contribution in [-0.4, -0.2) is 73.5 Å². The Morgan fingerprint density at radius 1 is 0.800 bits per heavy atom. The quantitative estimate of drug-likeness (QED) is 0.685. The second-order valence-electron chi connectivity index (χ2n) is 3.99. The van der Waals surface area contributed by atoms with Crippen molar-refractivity contribution in [1.82, 2.24) is 9.80 Å². The molecule has 0 aliphatic rings. The van der Waals surface area contributed by atoms with Crippen LogP contribution in [0.2, 0.25) is 0 Å². The predicted molar refractivity (Wildman–Crippen MR) is 60.5 cm³/mol. The van der Waals surface area contributed by atoms with Gasteiger partial charge in [0.15, 0.2) is 0 Å². The van der Waals surface area contributed by atoms with Gasteiger partial charge in [0.05, 0.1) is 13.2 Å². The zero-order valence-electron chi connectivity index (χ0n) is 10.9. The van der Waals surface area contributed by atoms with Crippen molar-refractivity contribution in [2.45, 2.75) is 25.9 Å². The van der Waals surface area contributed by atoms with Gasteiger partial charge in [0.25, 0.3) is 0 Å². The average Bonchev–Trinajstić information content (AvgIpc) is 2.15. The van der Waals surface area contributed by atoms with Crippen molar-refractivity contribution in [3.05, 3.63) is 0 Å². The Bertz CT molecular complexity index is 110. The third-order valence-electron chi connectivity index (χ3n) is 2.29. The molecule has 0 aliphatic carbocycles. The van der Waals surface area contributed by atoms with Crippen LogP contribution in [0.25, 0.3) is 0 Å². The molecule has 4 nitrogen and oxygen atoms in total. The largest absolute Gasteiger partial charge is 0.395 e. The predicted octanol–water partition coefficient (Wildman–Crippen LogP) is -0.145. The molecule has 0 aromatic rings. The van der Waals surface area contributed by atoms with E-state index in [2.05, 4.69) is 0 Å². The minimum Gasteiger partial charge on any atom is -0.395 e. The first-order valence-corrected chi connectivity index (χ1v) is 4.91. The first-order valence-electron chi connectivity index (χ1n) is 4.91. The molecule has 2 N–H and O–H groups in total. The SMILES string of the molecule is CC(CO)N(C)C.CC(CO)N(C)C.[Ti]. The summed E-state index contributed by atoms with van der Waals surface area (Å²) in [7, 11) is 7.78. The fraction of sp³-hybridized carbons (Fsp3) is 1.00. The maximum atomic E-state index is 8.46. The fourth-order valence-corrected chi connectivity index (χ4v) is 0.327. The number of hydrogen-bond donors (Lipinski definition) is 2. The van der Waals surface area contributed by atoms with Gasteiger partial charge < -0.3 is 20.0 Å². The van der Waals surface area contributed by atoms with E-state index >= 15 is 0 Å². The second-order valence-corrected chi connectivity index (χ2v) is 3.99. The van der Waals surface area contributed by atoms with E-state index in [4.69, 9.17) is 10.2 Å². The Morgan fingerprint density at radius 3 is 1.00 bits per heavy atom. The van der Waals surface area contributed by atoms with Gasteiger partial charge in [-0.3, -0.25) is 0 Å². The summed E-state index contributed by atoms with van der Waals surface area (Å²) in [6, 6.07) is 0.583. The molecule has 0 saturated heterocycles. The number of rotatable bonds is 4. The Morgan fingerprint density at radius 2 is 1.00 bits per heavy atom. The first kappa shape index (κ1) is 20.9. The van der Waals surface area contributed by atoms with Crippen molar-refractivity contribution in [1.29, 1.82) is 0 Å². The van der Waals surface area contributed by atoms with Crippen LogP contribution in [-0.2, 0) is 21.7 Å². The molecule has 2 unspecified atom stereocenters. The van der Waals surface area contributed by atoms with Crippen molar-refractivity contribution in [2.75, 3.05) is 41.4 Å². The molecule has 0 fully saturated rings. The van der Waals surface area contributed by atoms with E-state index < -0.39 is 0 Å². The molecule has 15 heavy (non-hydrogen) atoms. The molecule has 0 aromatic carbocycles. The van der Waals surface area contributed by atoms with Crippen LogP contribution < -0.4 is 0 Å². The third kappa shape index (κ3) is 14.6. The number of likely N-dealkylation sites (N-methyl/N-ethyl adjacent to an activating group) is 2. The smallest absolute Gasteiger partial charge is 0.0583 e. The monoisotopic (exact) mass is 254 g/mol. The van der Waals surface area contributed by atoms with Crippen molar-refractivity contribution >= 4 is 0 Å². The van der Waals surface area contributed by atoms with Crippen LogP contribution in [0.3, 0.4) is 0 Å². The van der Waals surface area contributed by atoms with Gasteiger partial charge in [-0.25, -0.2) is 0 Å². The van der Waals surface area contributed by atoms with Crippen LogP contribution in [0.15, 0.2) is 0 Å². The zero-order chi connectivity index (χ0) is 11.7. The molecule has 0 heterocycles. The van der Waals surface area contributed by atoms with E-state index in [9.17, 15) is 0 Å². The second kappa shape index (κ2) is 12.6. The third-order valence-corrected chi connectivity index (χ3v) is 2.29. The number of hydrogen-bond acceptors (Lipinski definition) is 4. The van der Waals surface area contributed by atoms with Crippen LogP contribution in [0.4, 0.5) is 0 Å². The fourth-order valence-electron chi connectivity index (χ4n) is 0.327. The summed E-state index contributed by atoms with van der Waals surface area (Å²) in [5.41, 5.74) is 0. The van der Waals surface area contributed by atoms with Gasteiger partial charge in [0, 0.05) is 33.8 Å². The summed E-state index contributed by atoms with van der Waals surface area (Å²) in [4.78, 5) is 3.94. The maximum absolute atomic E-state index is 8.46. The van der Waals surface area contributed by atoms with Crippen molar-refractivity contribution in [2.24, 2.45) is 0 Å². The molecule has 0 rings (SSSR count). The Labute approximate surface area is 109 Å². The topological polar surface area (TPSA) is 46.9 Å². The molecule has 2 atom stereocenters. The van der Waals surface area contributed by atoms with Gasteiger partial charge in [-0.1, -0.05) is 0 Å². The van der Waals surface area contributed by atoms with E-state index in [0.717, 1.165) is 0 Å². The number of aliphatic hydroxyl groups excluding tert-OH is 2. The molecule has 92 valence electrons. The molecular weight excluding hydrogens is 228 g/mol. The molecule has 0 aliphatic heterocycles. The Kier molecular flexibility index (Phi) is 17.6. The van der Waals surface area contributed by atoms with Gasteiger partial charge >= 0.3 is 0 Å². The van der Waals surface area contributed by atoms with Crippen molar-refractivity contribution < 1.29 is 31.9 Å². The summed E-state index contributed by atoms with van der Waals surface area (Å²) in [5.74, 6) is 0. The minimum atomic E-state index is 0. The van der Waals surface area contributed by atoms with E-state index in [1.54, 1.807) is 0 Å². The maximum Gasteiger partial charge on any atom is 0.0583 e. The van der Waals surface area contributed by atoms with Gasteiger partial charge in [-0.05, 0) is 42.0 Å². The van der Waals surface area contributed by atoms with E-state index in [0.29, 0.717) is 12.1 Å². The van der Waals surface area contributed by atoms with Crippen molar-refractivity contribution in [3.63, 3.8) is 0 Å². The van der Waals surface area contributed by atoms with Crippen LogP contribution in [0, 0.1) is 0 Å². The molecule has 0 spiro atoms. The van der Waals surface area contributed by atoms with Gasteiger partial charge in [0.1, 0.15) is 0 Å². The van der Waals surface area contributed by atoms with Gasteiger partial charge in [-0.15, -0.1) is 0 Å². The summed E-state index contributed by atoms with van der Waals surface area (Å²) in [6.45, 7) is 4.43.